The molecule has 0 amide bonds. The van der Waals surface area contributed by atoms with Crippen molar-refractivity contribution in [3.8, 4) is 5.75 Å². The summed E-state index contributed by atoms with van der Waals surface area (Å²) in [6, 6.07) is 4.79. The summed E-state index contributed by atoms with van der Waals surface area (Å²) in [4.78, 5) is 10.9. The minimum Gasteiger partial charge on any atom is -0.490 e. The van der Waals surface area contributed by atoms with Gasteiger partial charge in [-0.1, -0.05) is 15.9 Å². The third kappa shape index (κ3) is 3.50. The lowest BCUT2D eigenvalue weighted by Crippen LogP contribution is -2.17. The van der Waals surface area contributed by atoms with Gasteiger partial charge < -0.3 is 14.6 Å². The number of aromatic carboxylic acids is 1. The number of carboxylic acid groups (broad SMARTS) is 1. The van der Waals surface area contributed by atoms with Crippen molar-refractivity contribution in [1.82, 2.24) is 0 Å². The summed E-state index contributed by atoms with van der Waals surface area (Å²) in [7, 11) is 1.58. The molecule has 0 spiro atoms. The largest absolute Gasteiger partial charge is 0.490 e. The molecule has 0 radical (unpaired) electrons. The molecule has 0 fully saturated rings. The van der Waals surface area contributed by atoms with Crippen molar-refractivity contribution < 1.29 is 19.4 Å². The maximum atomic E-state index is 10.9. The van der Waals surface area contributed by atoms with Crippen LogP contribution in [0, 0.1) is 0 Å². The lowest BCUT2D eigenvalue weighted by Gasteiger charge is -2.13. The smallest absolute Gasteiger partial charge is 0.339 e. The Labute approximate surface area is 102 Å². The van der Waals surface area contributed by atoms with E-state index in [-0.39, 0.29) is 11.7 Å². The number of halogens is 1. The van der Waals surface area contributed by atoms with E-state index < -0.39 is 5.97 Å². The number of hydrogen-bond donors (Lipinski definition) is 1. The van der Waals surface area contributed by atoms with Crippen LogP contribution in [0.15, 0.2) is 22.7 Å². The zero-order valence-corrected chi connectivity index (χ0v) is 10.7. The van der Waals surface area contributed by atoms with Gasteiger partial charge in [-0.05, 0) is 25.1 Å². The van der Waals surface area contributed by atoms with E-state index in [1.54, 1.807) is 19.2 Å². The highest BCUT2D eigenvalue weighted by molar-refractivity contribution is 9.10. The van der Waals surface area contributed by atoms with Gasteiger partial charge in [0.05, 0.1) is 6.10 Å². The lowest BCUT2D eigenvalue weighted by molar-refractivity contribution is 0.0646. The third-order valence-corrected chi connectivity index (χ3v) is 2.54. The van der Waals surface area contributed by atoms with E-state index in [0.29, 0.717) is 12.4 Å². The van der Waals surface area contributed by atoms with Crippen molar-refractivity contribution in [2.45, 2.75) is 13.0 Å². The van der Waals surface area contributed by atoms with Crippen molar-refractivity contribution in [2.75, 3.05) is 13.7 Å². The number of carbonyl (C=O) groups is 1. The number of benzene rings is 1. The first kappa shape index (κ1) is 13.0. The van der Waals surface area contributed by atoms with E-state index in [9.17, 15) is 4.79 Å². The van der Waals surface area contributed by atoms with Crippen LogP contribution in [0.1, 0.15) is 17.3 Å². The third-order valence-electron chi connectivity index (χ3n) is 2.05. The molecule has 1 aromatic rings. The highest BCUT2D eigenvalue weighted by atomic mass is 79.9. The first-order chi connectivity index (χ1) is 7.54. The molecule has 0 aliphatic heterocycles. The highest BCUT2D eigenvalue weighted by Crippen LogP contribution is 2.24. The summed E-state index contributed by atoms with van der Waals surface area (Å²) in [6.07, 6.45) is -0.0828. The standard InChI is InChI=1S/C11H13BrO4/c1-7(15-2)6-16-10-5-8(12)3-4-9(10)11(13)14/h3-5,7H,6H2,1-2H3,(H,13,14). The Balaban J connectivity index is 2.84. The summed E-state index contributed by atoms with van der Waals surface area (Å²) in [5.41, 5.74) is 0.145. The van der Waals surface area contributed by atoms with Gasteiger partial charge >= 0.3 is 5.97 Å². The van der Waals surface area contributed by atoms with Crippen LogP contribution < -0.4 is 4.74 Å². The van der Waals surface area contributed by atoms with E-state index in [2.05, 4.69) is 15.9 Å². The fourth-order valence-electron chi connectivity index (χ4n) is 1.07. The SMILES string of the molecule is COC(C)COc1cc(Br)ccc1C(=O)O. The van der Waals surface area contributed by atoms with Crippen molar-refractivity contribution in [3.63, 3.8) is 0 Å². The number of hydrogen-bond acceptors (Lipinski definition) is 3. The molecule has 1 N–H and O–H groups in total. The second kappa shape index (κ2) is 5.86. The normalized spacial score (nSPS) is 12.2. The Kier molecular flexibility index (Phi) is 4.76. The van der Waals surface area contributed by atoms with Crippen LogP contribution in [-0.2, 0) is 4.74 Å². The van der Waals surface area contributed by atoms with Crippen molar-refractivity contribution >= 4 is 21.9 Å². The number of carboxylic acids is 1. The fraction of sp³-hybridized carbons (Fsp3) is 0.364. The summed E-state index contributed by atoms with van der Waals surface area (Å²) in [5.74, 6) is -0.668. The van der Waals surface area contributed by atoms with Crippen LogP contribution in [0.5, 0.6) is 5.75 Å². The molecule has 0 bridgehead atoms. The van der Waals surface area contributed by atoms with Gasteiger partial charge in [0, 0.05) is 11.6 Å². The maximum absolute atomic E-state index is 10.9. The van der Waals surface area contributed by atoms with Gasteiger partial charge in [0.1, 0.15) is 17.9 Å². The predicted octanol–water partition coefficient (Wildman–Crippen LogP) is 2.56. The lowest BCUT2D eigenvalue weighted by atomic mass is 10.2. The molecular formula is C11H13BrO4. The Bertz CT molecular complexity index is 378. The molecule has 0 aliphatic carbocycles. The number of rotatable bonds is 5. The Morgan fingerprint density at radius 2 is 2.25 bits per heavy atom. The van der Waals surface area contributed by atoms with Gasteiger partial charge in [-0.2, -0.15) is 0 Å². The van der Waals surface area contributed by atoms with Crippen LogP contribution in [-0.4, -0.2) is 30.9 Å². The van der Waals surface area contributed by atoms with Crippen LogP contribution in [0.4, 0.5) is 0 Å². The van der Waals surface area contributed by atoms with E-state index in [1.165, 1.54) is 6.07 Å². The molecule has 1 aromatic carbocycles. The Morgan fingerprint density at radius 3 is 2.81 bits per heavy atom. The van der Waals surface area contributed by atoms with Crippen molar-refractivity contribution in [1.29, 1.82) is 0 Å². The molecule has 0 heterocycles. The van der Waals surface area contributed by atoms with Crippen molar-refractivity contribution in [3.05, 3.63) is 28.2 Å². The number of methoxy groups -OCH3 is 1. The molecule has 0 saturated carbocycles. The molecule has 1 unspecified atom stereocenters. The van der Waals surface area contributed by atoms with Crippen LogP contribution in [0.25, 0.3) is 0 Å². The molecule has 16 heavy (non-hydrogen) atoms. The molecule has 4 nitrogen and oxygen atoms in total. The van der Waals surface area contributed by atoms with Gasteiger partial charge in [-0.3, -0.25) is 0 Å². The molecule has 1 atom stereocenters. The van der Waals surface area contributed by atoms with Crippen LogP contribution in [0.2, 0.25) is 0 Å². The van der Waals surface area contributed by atoms with Crippen molar-refractivity contribution in [2.24, 2.45) is 0 Å². The van der Waals surface area contributed by atoms with E-state index in [1.807, 2.05) is 6.92 Å². The van der Waals surface area contributed by atoms with Crippen LogP contribution in [0.3, 0.4) is 0 Å². The monoisotopic (exact) mass is 288 g/mol. The molecule has 0 saturated heterocycles. The topological polar surface area (TPSA) is 55.8 Å². The number of ether oxygens (including phenoxy) is 2. The van der Waals surface area contributed by atoms with Crippen LogP contribution >= 0.6 is 15.9 Å². The first-order valence-electron chi connectivity index (χ1n) is 4.73. The zero-order valence-electron chi connectivity index (χ0n) is 9.07. The molecular weight excluding hydrogens is 276 g/mol. The second-order valence-electron chi connectivity index (χ2n) is 3.30. The first-order valence-corrected chi connectivity index (χ1v) is 5.52. The Morgan fingerprint density at radius 1 is 1.56 bits per heavy atom. The molecule has 88 valence electrons. The minimum absolute atomic E-state index is 0.0828. The summed E-state index contributed by atoms with van der Waals surface area (Å²) >= 11 is 3.27. The molecule has 0 aliphatic rings. The quantitative estimate of drug-likeness (QED) is 0.905. The predicted molar refractivity (Wildman–Crippen MR) is 63.1 cm³/mol. The fourth-order valence-corrected chi connectivity index (χ4v) is 1.41. The summed E-state index contributed by atoms with van der Waals surface area (Å²) < 4.78 is 11.2. The summed E-state index contributed by atoms with van der Waals surface area (Å²) in [6.45, 7) is 2.16. The maximum Gasteiger partial charge on any atom is 0.339 e. The molecule has 5 heteroatoms. The van der Waals surface area contributed by atoms with E-state index >= 15 is 0 Å². The van der Waals surface area contributed by atoms with Gasteiger partial charge in [-0.25, -0.2) is 4.79 Å². The summed E-state index contributed by atoms with van der Waals surface area (Å²) in [5, 5.41) is 8.95. The molecule has 0 aromatic heterocycles. The second-order valence-corrected chi connectivity index (χ2v) is 4.22. The van der Waals surface area contributed by atoms with Gasteiger partial charge in [0.2, 0.25) is 0 Å². The Hall–Kier alpha value is -1.07. The van der Waals surface area contributed by atoms with E-state index in [4.69, 9.17) is 14.6 Å². The van der Waals surface area contributed by atoms with Gasteiger partial charge in [-0.15, -0.1) is 0 Å². The molecule has 1 rings (SSSR count). The average Bonchev–Trinajstić information content (AvgIpc) is 2.25. The highest BCUT2D eigenvalue weighted by Gasteiger charge is 2.12. The minimum atomic E-state index is -1.01. The van der Waals surface area contributed by atoms with E-state index in [0.717, 1.165) is 4.47 Å². The van der Waals surface area contributed by atoms with Gasteiger partial charge in [0.15, 0.2) is 0 Å². The zero-order chi connectivity index (χ0) is 12.1. The average molecular weight is 289 g/mol. The van der Waals surface area contributed by atoms with Gasteiger partial charge in [0.25, 0.3) is 0 Å².